The number of fused-ring (bicyclic) bond motifs is 1. The lowest BCUT2D eigenvalue weighted by molar-refractivity contribution is -0.146. The van der Waals surface area contributed by atoms with Crippen molar-refractivity contribution in [2.45, 2.75) is 71.2 Å². The number of rotatable bonds is 12. The minimum Gasteiger partial charge on any atom is -0.463 e. The van der Waals surface area contributed by atoms with E-state index in [0.717, 1.165) is 28.7 Å². The second kappa shape index (κ2) is 14.3. The van der Waals surface area contributed by atoms with E-state index >= 15 is 0 Å². The van der Waals surface area contributed by atoms with E-state index in [2.05, 4.69) is 26.9 Å². The molecule has 2 atom stereocenters. The fourth-order valence-corrected chi connectivity index (χ4v) is 4.72. The SMILES string of the molecule is CCCN(CCCN=O)C(=O)C1=CC2=CC=C(c3ccc(CC(=O)OC(C)C)cc3)CC2NC(N=NN)C1. The van der Waals surface area contributed by atoms with Crippen LogP contribution in [-0.2, 0) is 20.7 Å². The van der Waals surface area contributed by atoms with Gasteiger partial charge in [-0.15, -0.1) is 0 Å². The maximum absolute atomic E-state index is 13.5. The zero-order valence-electron chi connectivity index (χ0n) is 22.4. The molecule has 3 rings (SSSR count). The summed E-state index contributed by atoms with van der Waals surface area (Å²) in [6.07, 6.45) is 8.09. The molecule has 10 heteroatoms. The first-order valence-corrected chi connectivity index (χ1v) is 13.2. The Hall–Kier alpha value is -3.66. The number of esters is 1. The van der Waals surface area contributed by atoms with Gasteiger partial charge in [0.2, 0.25) is 5.91 Å². The number of carbonyl (C=O) groups excluding carboxylic acids is 2. The quantitative estimate of drug-likeness (QED) is 0.105. The first-order valence-electron chi connectivity index (χ1n) is 13.2. The Morgan fingerprint density at radius 2 is 1.92 bits per heavy atom. The third-order valence-electron chi connectivity index (χ3n) is 6.43. The van der Waals surface area contributed by atoms with Gasteiger partial charge in [0.05, 0.1) is 19.1 Å². The Morgan fingerprint density at radius 3 is 2.58 bits per heavy atom. The molecule has 0 spiro atoms. The lowest BCUT2D eigenvalue weighted by Gasteiger charge is -2.25. The van der Waals surface area contributed by atoms with E-state index < -0.39 is 6.17 Å². The highest BCUT2D eigenvalue weighted by molar-refractivity contribution is 5.94. The lowest BCUT2D eigenvalue weighted by atomic mass is 9.88. The van der Waals surface area contributed by atoms with Crippen LogP contribution in [0, 0.1) is 4.91 Å². The second-order valence-electron chi connectivity index (χ2n) is 9.81. The van der Waals surface area contributed by atoms with Gasteiger partial charge in [-0.25, -0.2) is 0 Å². The number of nitrogens with one attached hydrogen (secondary N) is 1. The van der Waals surface area contributed by atoms with Crippen molar-refractivity contribution in [2.24, 2.45) is 21.4 Å². The maximum atomic E-state index is 13.5. The van der Waals surface area contributed by atoms with E-state index in [-0.39, 0.29) is 37.0 Å². The number of amides is 1. The largest absolute Gasteiger partial charge is 0.463 e. The number of nitroso groups, excluding NO2 is 1. The molecule has 38 heavy (non-hydrogen) atoms. The van der Waals surface area contributed by atoms with Crippen LogP contribution in [0.25, 0.3) is 5.57 Å². The van der Waals surface area contributed by atoms with Gasteiger partial charge in [-0.2, -0.15) is 10.0 Å². The first-order chi connectivity index (χ1) is 18.3. The summed E-state index contributed by atoms with van der Waals surface area (Å²) in [6.45, 7) is 6.95. The van der Waals surface area contributed by atoms with Crippen molar-refractivity contribution in [2.75, 3.05) is 19.6 Å². The average Bonchev–Trinajstić information content (AvgIpc) is 3.06. The van der Waals surface area contributed by atoms with Gasteiger partial charge in [0, 0.05) is 31.1 Å². The summed E-state index contributed by atoms with van der Waals surface area (Å²) in [5.41, 5.74) is 4.71. The molecule has 204 valence electrons. The number of hydrogen-bond donors (Lipinski definition) is 2. The molecule has 0 saturated carbocycles. The van der Waals surface area contributed by atoms with Gasteiger partial charge in [-0.05, 0) is 61.5 Å². The topological polar surface area (TPSA) is 139 Å². The molecule has 1 aromatic rings. The number of nitrogens with zero attached hydrogens (tertiary/aromatic N) is 4. The van der Waals surface area contributed by atoms with Gasteiger partial charge in [0.1, 0.15) is 6.17 Å². The van der Waals surface area contributed by atoms with Crippen LogP contribution < -0.4 is 11.2 Å². The zero-order valence-corrected chi connectivity index (χ0v) is 22.4. The highest BCUT2D eigenvalue weighted by Gasteiger charge is 2.30. The highest BCUT2D eigenvalue weighted by Crippen LogP contribution is 2.32. The molecule has 1 aromatic carbocycles. The van der Waals surface area contributed by atoms with E-state index in [0.29, 0.717) is 37.9 Å². The molecule has 1 aliphatic heterocycles. The Labute approximate surface area is 224 Å². The minimum atomic E-state index is -0.445. The van der Waals surface area contributed by atoms with Gasteiger partial charge in [-0.3, -0.25) is 14.9 Å². The standard InChI is InChI=1S/C28H38N6O4/c1-4-13-34(14-5-12-30-37)28(36)24-16-23-11-10-22(17-25(23)31-26(18-24)32-33-29)21-8-6-20(7-9-21)15-27(35)38-19(2)3/h6-11,16,19,25-26,31H,4-5,12-15,17-18H2,1-3H3,(H2,29,32). The van der Waals surface area contributed by atoms with E-state index in [1.54, 1.807) is 4.90 Å². The third kappa shape index (κ3) is 8.17. The smallest absolute Gasteiger partial charge is 0.310 e. The monoisotopic (exact) mass is 522 g/mol. The number of hydrogen-bond acceptors (Lipinski definition) is 8. The summed E-state index contributed by atoms with van der Waals surface area (Å²) < 4.78 is 5.24. The number of ether oxygens (including phenoxy) is 1. The molecule has 2 unspecified atom stereocenters. The van der Waals surface area contributed by atoms with Crippen LogP contribution in [0.1, 0.15) is 57.6 Å². The molecule has 2 aliphatic rings. The molecular weight excluding hydrogens is 484 g/mol. The number of carbonyl (C=O) groups is 2. The molecule has 1 amide bonds. The Balaban J connectivity index is 1.82. The van der Waals surface area contributed by atoms with Crippen molar-refractivity contribution in [3.63, 3.8) is 0 Å². The van der Waals surface area contributed by atoms with Gasteiger partial charge in [0.15, 0.2) is 0 Å². The summed E-state index contributed by atoms with van der Waals surface area (Å²) in [5, 5.41) is 14.0. The summed E-state index contributed by atoms with van der Waals surface area (Å²) in [5.74, 6) is 5.08. The van der Waals surface area contributed by atoms with Crippen LogP contribution in [0.2, 0.25) is 0 Å². The second-order valence-corrected chi connectivity index (χ2v) is 9.81. The summed E-state index contributed by atoms with van der Waals surface area (Å²) in [6, 6.07) is 7.84. The molecule has 0 aromatic heterocycles. The van der Waals surface area contributed by atoms with Crippen molar-refractivity contribution in [3.8, 4) is 0 Å². The molecule has 1 heterocycles. The van der Waals surface area contributed by atoms with Crippen LogP contribution in [0.3, 0.4) is 0 Å². The molecule has 1 aliphatic carbocycles. The van der Waals surface area contributed by atoms with Crippen LogP contribution in [0.5, 0.6) is 0 Å². The van der Waals surface area contributed by atoms with Gasteiger partial charge < -0.3 is 15.5 Å². The number of allylic oxidation sites excluding steroid dienone is 2. The number of benzene rings is 1. The highest BCUT2D eigenvalue weighted by atomic mass is 16.5. The Kier molecular flexibility index (Phi) is 10.9. The molecule has 3 N–H and O–H groups in total. The molecule has 0 radical (unpaired) electrons. The van der Waals surface area contributed by atoms with E-state index in [1.165, 1.54) is 0 Å². The maximum Gasteiger partial charge on any atom is 0.310 e. The predicted molar refractivity (Wildman–Crippen MR) is 147 cm³/mol. The predicted octanol–water partition coefficient (Wildman–Crippen LogP) is 4.23. The molecule has 10 nitrogen and oxygen atoms in total. The van der Waals surface area contributed by atoms with Crippen LogP contribution in [-0.4, -0.2) is 54.7 Å². The van der Waals surface area contributed by atoms with Crippen molar-refractivity contribution in [3.05, 3.63) is 69.7 Å². The minimum absolute atomic E-state index is 0.0697. The van der Waals surface area contributed by atoms with Crippen LogP contribution in [0.4, 0.5) is 0 Å². The van der Waals surface area contributed by atoms with Crippen molar-refractivity contribution >= 4 is 17.4 Å². The van der Waals surface area contributed by atoms with Gasteiger partial charge in [-0.1, -0.05) is 53.7 Å². The van der Waals surface area contributed by atoms with Crippen molar-refractivity contribution in [1.29, 1.82) is 0 Å². The van der Waals surface area contributed by atoms with Crippen LogP contribution in [0.15, 0.2) is 69.2 Å². The van der Waals surface area contributed by atoms with Crippen molar-refractivity contribution < 1.29 is 14.3 Å². The lowest BCUT2D eigenvalue weighted by Crippen LogP contribution is -2.39. The summed E-state index contributed by atoms with van der Waals surface area (Å²) in [4.78, 5) is 37.7. The fraction of sp³-hybridized carbons (Fsp3) is 0.500. The molecule has 0 saturated heterocycles. The van der Waals surface area contributed by atoms with E-state index in [9.17, 15) is 14.5 Å². The molecular formula is C28H38N6O4. The fourth-order valence-electron chi connectivity index (χ4n) is 4.72. The van der Waals surface area contributed by atoms with Crippen molar-refractivity contribution in [1.82, 2.24) is 10.2 Å². The van der Waals surface area contributed by atoms with Crippen LogP contribution >= 0.6 is 0 Å². The Morgan fingerprint density at radius 1 is 1.16 bits per heavy atom. The summed E-state index contributed by atoms with van der Waals surface area (Å²) >= 11 is 0. The number of nitrogens with two attached hydrogens (primary N) is 1. The summed E-state index contributed by atoms with van der Waals surface area (Å²) in [7, 11) is 0. The third-order valence-corrected chi connectivity index (χ3v) is 6.43. The normalized spacial score (nSPS) is 19.2. The first kappa shape index (κ1) is 28.9. The Bertz CT molecular complexity index is 1110. The molecule has 0 fully saturated rings. The van der Waals surface area contributed by atoms with Gasteiger partial charge >= 0.3 is 5.97 Å². The van der Waals surface area contributed by atoms with E-state index in [1.807, 2.05) is 57.2 Å². The zero-order chi connectivity index (χ0) is 27.5. The van der Waals surface area contributed by atoms with E-state index in [4.69, 9.17) is 10.6 Å². The molecule has 0 bridgehead atoms. The van der Waals surface area contributed by atoms with Gasteiger partial charge in [0.25, 0.3) is 0 Å². The average molecular weight is 523 g/mol.